The molecule has 0 spiro atoms. The quantitative estimate of drug-likeness (QED) is 0.676. The van der Waals surface area contributed by atoms with Crippen LogP contribution in [-0.4, -0.2) is 23.0 Å². The van der Waals surface area contributed by atoms with Crippen LogP contribution in [0.3, 0.4) is 0 Å². The van der Waals surface area contributed by atoms with Crippen LogP contribution in [0.4, 0.5) is 0 Å². The van der Waals surface area contributed by atoms with E-state index in [2.05, 4.69) is 28.5 Å². The zero-order chi connectivity index (χ0) is 16.5. The topological polar surface area (TPSA) is 70.9 Å². The first-order valence-corrected chi connectivity index (χ1v) is 8.38. The van der Waals surface area contributed by atoms with E-state index in [0.717, 1.165) is 22.9 Å². The monoisotopic (exact) mass is 319 g/mol. The second-order valence-electron chi connectivity index (χ2n) is 6.54. The summed E-state index contributed by atoms with van der Waals surface area (Å²) in [7, 11) is 0. The number of aromatic amines is 1. The third-order valence-electron chi connectivity index (χ3n) is 4.80. The summed E-state index contributed by atoms with van der Waals surface area (Å²) in [6.07, 6.45) is 3.48. The average molecular weight is 319 g/mol. The molecule has 2 aromatic carbocycles. The van der Waals surface area contributed by atoms with Gasteiger partial charge in [0.25, 0.3) is 0 Å². The maximum atomic E-state index is 12.4. The lowest BCUT2D eigenvalue weighted by Crippen LogP contribution is -2.43. The van der Waals surface area contributed by atoms with Gasteiger partial charge in [-0.15, -0.1) is 0 Å². The van der Waals surface area contributed by atoms with Crippen molar-refractivity contribution in [1.29, 1.82) is 0 Å². The van der Waals surface area contributed by atoms with Crippen molar-refractivity contribution in [3.05, 3.63) is 71.9 Å². The van der Waals surface area contributed by atoms with Crippen LogP contribution in [0.25, 0.3) is 10.9 Å². The summed E-state index contributed by atoms with van der Waals surface area (Å²) in [6, 6.07) is 18.1. The second-order valence-corrected chi connectivity index (χ2v) is 6.54. The van der Waals surface area contributed by atoms with Gasteiger partial charge in [0.1, 0.15) is 0 Å². The molecule has 0 radical (unpaired) electrons. The van der Waals surface area contributed by atoms with Gasteiger partial charge >= 0.3 is 0 Å². The number of carbonyl (C=O) groups is 1. The molecular weight excluding hydrogens is 298 g/mol. The minimum Gasteiger partial charge on any atom is -0.361 e. The molecule has 0 saturated heterocycles. The van der Waals surface area contributed by atoms with Crippen LogP contribution in [0.5, 0.6) is 0 Å². The highest BCUT2D eigenvalue weighted by atomic mass is 16.2. The van der Waals surface area contributed by atoms with Crippen molar-refractivity contribution in [2.24, 2.45) is 5.73 Å². The van der Waals surface area contributed by atoms with Gasteiger partial charge in [-0.3, -0.25) is 4.79 Å². The molecule has 1 heterocycles. The van der Waals surface area contributed by atoms with Gasteiger partial charge in [0.05, 0.1) is 6.04 Å². The van der Waals surface area contributed by atoms with Crippen molar-refractivity contribution in [1.82, 2.24) is 10.3 Å². The van der Waals surface area contributed by atoms with Gasteiger partial charge in [-0.2, -0.15) is 0 Å². The van der Waals surface area contributed by atoms with Gasteiger partial charge < -0.3 is 16.0 Å². The Morgan fingerprint density at radius 2 is 1.92 bits per heavy atom. The third kappa shape index (κ3) is 2.93. The minimum atomic E-state index is -0.527. The maximum absolute atomic E-state index is 12.4. The maximum Gasteiger partial charge on any atom is 0.237 e. The van der Waals surface area contributed by atoms with E-state index in [-0.39, 0.29) is 11.9 Å². The van der Waals surface area contributed by atoms with Crippen LogP contribution in [-0.2, 0) is 11.2 Å². The minimum absolute atomic E-state index is 0.0660. The van der Waals surface area contributed by atoms with E-state index in [1.54, 1.807) is 0 Å². The standard InChI is InChI=1S/C20H21N3O/c21-17(10-14-12-22-18-9-5-4-8-15(14)18)20(24)23-19-11-16(19)13-6-2-1-3-7-13/h1-9,12,16-17,19,22H,10-11,21H2,(H,23,24). The van der Waals surface area contributed by atoms with Crippen molar-refractivity contribution in [2.75, 3.05) is 0 Å². The van der Waals surface area contributed by atoms with Crippen molar-refractivity contribution in [3.8, 4) is 0 Å². The number of rotatable bonds is 5. The van der Waals surface area contributed by atoms with Crippen molar-refractivity contribution in [3.63, 3.8) is 0 Å². The number of para-hydroxylation sites is 1. The predicted molar refractivity (Wildman–Crippen MR) is 95.7 cm³/mol. The number of benzene rings is 2. The molecule has 122 valence electrons. The molecule has 4 rings (SSSR count). The highest BCUT2D eigenvalue weighted by Gasteiger charge is 2.39. The molecule has 0 aliphatic heterocycles. The number of nitrogens with one attached hydrogen (secondary N) is 2. The number of H-pyrrole nitrogens is 1. The van der Waals surface area contributed by atoms with Gasteiger partial charge in [-0.1, -0.05) is 48.5 Å². The summed E-state index contributed by atoms with van der Waals surface area (Å²) in [5.41, 5.74) is 9.58. The summed E-state index contributed by atoms with van der Waals surface area (Å²) in [5.74, 6) is 0.360. The van der Waals surface area contributed by atoms with E-state index in [4.69, 9.17) is 5.73 Å². The molecule has 4 N–H and O–H groups in total. The van der Waals surface area contributed by atoms with Crippen LogP contribution < -0.4 is 11.1 Å². The molecule has 24 heavy (non-hydrogen) atoms. The first-order chi connectivity index (χ1) is 11.7. The lowest BCUT2D eigenvalue weighted by molar-refractivity contribution is -0.122. The molecule has 3 aromatic rings. The molecule has 3 atom stereocenters. The fourth-order valence-electron chi connectivity index (χ4n) is 3.34. The fourth-order valence-corrected chi connectivity index (χ4v) is 3.34. The Labute approximate surface area is 141 Å². The number of carbonyl (C=O) groups excluding carboxylic acids is 1. The first-order valence-electron chi connectivity index (χ1n) is 8.38. The van der Waals surface area contributed by atoms with E-state index in [1.807, 2.05) is 42.6 Å². The van der Waals surface area contributed by atoms with Crippen LogP contribution in [0.2, 0.25) is 0 Å². The predicted octanol–water partition coefficient (Wildman–Crippen LogP) is 2.71. The fraction of sp³-hybridized carbons (Fsp3) is 0.250. The van der Waals surface area contributed by atoms with Crippen LogP contribution in [0.15, 0.2) is 60.8 Å². The van der Waals surface area contributed by atoms with Gasteiger partial charge in [0.2, 0.25) is 5.91 Å². The summed E-state index contributed by atoms with van der Waals surface area (Å²) in [6.45, 7) is 0. The van der Waals surface area contributed by atoms with Crippen molar-refractivity contribution >= 4 is 16.8 Å². The molecule has 1 saturated carbocycles. The summed E-state index contributed by atoms with van der Waals surface area (Å²) >= 11 is 0. The Balaban J connectivity index is 1.37. The number of aromatic nitrogens is 1. The lowest BCUT2D eigenvalue weighted by Gasteiger charge is -2.12. The molecular formula is C20H21N3O. The molecule has 1 aromatic heterocycles. The Bertz CT molecular complexity index is 855. The van der Waals surface area contributed by atoms with Gasteiger partial charge in [0.15, 0.2) is 0 Å². The molecule has 1 amide bonds. The van der Waals surface area contributed by atoms with E-state index >= 15 is 0 Å². The Hall–Kier alpha value is -2.59. The van der Waals surface area contributed by atoms with Crippen molar-refractivity contribution < 1.29 is 4.79 Å². The molecule has 0 bridgehead atoms. The van der Waals surface area contributed by atoms with E-state index in [0.29, 0.717) is 12.3 Å². The molecule has 4 nitrogen and oxygen atoms in total. The summed E-state index contributed by atoms with van der Waals surface area (Å²) in [5, 5.41) is 4.22. The first kappa shape index (κ1) is 15.0. The van der Waals surface area contributed by atoms with Gasteiger partial charge in [-0.25, -0.2) is 0 Å². The van der Waals surface area contributed by atoms with Crippen LogP contribution >= 0.6 is 0 Å². The molecule has 1 fully saturated rings. The van der Waals surface area contributed by atoms with Crippen LogP contribution in [0.1, 0.15) is 23.5 Å². The number of fused-ring (bicyclic) bond motifs is 1. The van der Waals surface area contributed by atoms with E-state index in [9.17, 15) is 4.79 Å². The SMILES string of the molecule is NC(Cc1c[nH]c2ccccc12)C(=O)NC1CC1c1ccccc1. The normalized spacial score (nSPS) is 20.7. The number of hydrogen-bond acceptors (Lipinski definition) is 2. The zero-order valence-corrected chi connectivity index (χ0v) is 13.4. The van der Waals surface area contributed by atoms with Crippen LogP contribution in [0, 0.1) is 0 Å². The third-order valence-corrected chi connectivity index (χ3v) is 4.80. The molecule has 1 aliphatic rings. The van der Waals surface area contributed by atoms with Crippen molar-refractivity contribution in [2.45, 2.75) is 30.8 Å². The Kier molecular flexibility index (Phi) is 3.82. The number of amides is 1. The number of hydrogen-bond donors (Lipinski definition) is 3. The second kappa shape index (κ2) is 6.13. The highest BCUT2D eigenvalue weighted by Crippen LogP contribution is 2.40. The Morgan fingerprint density at radius 1 is 1.17 bits per heavy atom. The summed E-state index contributed by atoms with van der Waals surface area (Å²) in [4.78, 5) is 15.6. The smallest absolute Gasteiger partial charge is 0.237 e. The largest absolute Gasteiger partial charge is 0.361 e. The lowest BCUT2D eigenvalue weighted by atomic mass is 10.0. The van der Waals surface area contributed by atoms with Gasteiger partial charge in [0, 0.05) is 29.1 Å². The highest BCUT2D eigenvalue weighted by molar-refractivity contribution is 5.86. The molecule has 4 heteroatoms. The average Bonchev–Trinajstić information content (AvgIpc) is 3.27. The zero-order valence-electron chi connectivity index (χ0n) is 13.4. The molecule has 1 aliphatic carbocycles. The van der Waals surface area contributed by atoms with E-state index in [1.165, 1.54) is 5.56 Å². The number of nitrogens with two attached hydrogens (primary N) is 1. The Morgan fingerprint density at radius 3 is 2.75 bits per heavy atom. The van der Waals surface area contributed by atoms with E-state index < -0.39 is 6.04 Å². The van der Waals surface area contributed by atoms with Gasteiger partial charge in [-0.05, 0) is 30.0 Å². The molecule has 3 unspecified atom stereocenters. The summed E-state index contributed by atoms with van der Waals surface area (Å²) < 4.78 is 0.